The van der Waals surface area contributed by atoms with Gasteiger partial charge in [-0.25, -0.2) is 0 Å². The highest BCUT2D eigenvalue weighted by molar-refractivity contribution is 6.31. The molecule has 0 unspecified atom stereocenters. The van der Waals surface area contributed by atoms with Gasteiger partial charge < -0.3 is 14.4 Å². The summed E-state index contributed by atoms with van der Waals surface area (Å²) in [4.78, 5) is 41.0. The maximum atomic E-state index is 13.8. The molecule has 8 nitrogen and oxygen atoms in total. The molecular weight excluding hydrogens is 504 g/mol. The molecule has 200 valence electrons. The second-order valence-electron chi connectivity index (χ2n) is 9.66. The molecule has 1 aromatic heterocycles. The van der Waals surface area contributed by atoms with Crippen molar-refractivity contribution in [2.75, 3.05) is 13.1 Å². The van der Waals surface area contributed by atoms with Gasteiger partial charge in [0.05, 0.1) is 11.5 Å². The molecular formula is C29H33ClN4O4. The summed E-state index contributed by atoms with van der Waals surface area (Å²) in [6.07, 6.45) is 7.16. The van der Waals surface area contributed by atoms with E-state index in [2.05, 4.69) is 4.57 Å². The fourth-order valence-corrected chi connectivity index (χ4v) is 5.26. The van der Waals surface area contributed by atoms with Crippen molar-refractivity contribution in [3.05, 3.63) is 98.8 Å². The number of rotatable bonds is 10. The Kier molecular flexibility index (Phi) is 9.18. The van der Waals surface area contributed by atoms with Gasteiger partial charge >= 0.3 is 0 Å². The minimum absolute atomic E-state index is 0.0836. The molecule has 1 aliphatic rings. The van der Waals surface area contributed by atoms with E-state index in [4.69, 9.17) is 11.6 Å². The lowest BCUT2D eigenvalue weighted by atomic mass is 9.94. The van der Waals surface area contributed by atoms with E-state index >= 15 is 0 Å². The van der Waals surface area contributed by atoms with E-state index < -0.39 is 10.8 Å². The Labute approximate surface area is 228 Å². The van der Waals surface area contributed by atoms with E-state index in [1.54, 1.807) is 6.07 Å². The van der Waals surface area contributed by atoms with Crippen molar-refractivity contribution in [2.45, 2.75) is 58.2 Å². The zero-order valence-corrected chi connectivity index (χ0v) is 22.3. The Bertz CT molecular complexity index is 1280. The molecule has 1 saturated carbocycles. The number of hydrogen-bond acceptors (Lipinski definition) is 4. The second-order valence-corrected chi connectivity index (χ2v) is 10.1. The Morgan fingerprint density at radius 1 is 1.05 bits per heavy atom. The zero-order valence-electron chi connectivity index (χ0n) is 21.6. The summed E-state index contributed by atoms with van der Waals surface area (Å²) >= 11 is 6.40. The number of halogens is 1. The molecule has 3 aromatic rings. The van der Waals surface area contributed by atoms with Crippen molar-refractivity contribution in [2.24, 2.45) is 0 Å². The van der Waals surface area contributed by atoms with E-state index in [0.29, 0.717) is 24.7 Å². The average molecular weight is 537 g/mol. The third kappa shape index (κ3) is 6.61. The number of hydrogen-bond donors (Lipinski definition) is 0. The van der Waals surface area contributed by atoms with Gasteiger partial charge in [0.25, 0.3) is 11.6 Å². The van der Waals surface area contributed by atoms with Gasteiger partial charge in [-0.1, -0.05) is 55.1 Å². The Morgan fingerprint density at radius 2 is 1.82 bits per heavy atom. The van der Waals surface area contributed by atoms with E-state index in [1.165, 1.54) is 23.1 Å². The van der Waals surface area contributed by atoms with Crippen LogP contribution in [0.25, 0.3) is 0 Å². The Balaban J connectivity index is 1.54. The maximum absolute atomic E-state index is 13.8. The highest BCUT2D eigenvalue weighted by Crippen LogP contribution is 2.26. The van der Waals surface area contributed by atoms with Crippen molar-refractivity contribution in [1.29, 1.82) is 0 Å². The number of amides is 2. The van der Waals surface area contributed by atoms with Crippen LogP contribution in [0.15, 0.2) is 66.9 Å². The summed E-state index contributed by atoms with van der Waals surface area (Å²) in [5.74, 6) is -0.515. The normalized spacial score (nSPS) is 13.7. The number of nitro groups is 1. The molecule has 4 rings (SSSR count). The van der Waals surface area contributed by atoms with Crippen LogP contribution in [0, 0.1) is 10.1 Å². The average Bonchev–Trinajstić information content (AvgIpc) is 3.38. The van der Waals surface area contributed by atoms with Crippen LogP contribution in [0.2, 0.25) is 5.02 Å². The molecule has 2 aromatic carbocycles. The summed E-state index contributed by atoms with van der Waals surface area (Å²) in [5.41, 5.74) is 2.05. The van der Waals surface area contributed by atoms with Crippen molar-refractivity contribution < 1.29 is 14.5 Å². The van der Waals surface area contributed by atoms with Gasteiger partial charge in [-0.3, -0.25) is 19.7 Å². The number of carbonyl (C=O) groups excluding carboxylic acids is 2. The summed E-state index contributed by atoms with van der Waals surface area (Å²) in [6.45, 7) is 3.07. The van der Waals surface area contributed by atoms with E-state index in [-0.39, 0.29) is 29.7 Å². The van der Waals surface area contributed by atoms with Crippen LogP contribution >= 0.6 is 11.6 Å². The van der Waals surface area contributed by atoms with Crippen LogP contribution in [0.1, 0.15) is 60.6 Å². The fraction of sp³-hybridized carbons (Fsp3) is 0.379. The summed E-state index contributed by atoms with van der Waals surface area (Å²) in [6, 6.07) is 17.5. The number of nitro benzene ring substituents is 1. The van der Waals surface area contributed by atoms with Crippen LogP contribution in [0.4, 0.5) is 5.69 Å². The van der Waals surface area contributed by atoms with Crippen LogP contribution in [-0.2, 0) is 17.9 Å². The number of likely N-dealkylation sites (N-methyl/N-ethyl adjacent to an activating group) is 1. The number of non-ortho nitro benzene ring substituents is 1. The number of carbonyl (C=O) groups is 2. The van der Waals surface area contributed by atoms with Gasteiger partial charge in [0.2, 0.25) is 5.91 Å². The molecule has 1 heterocycles. The quantitative estimate of drug-likeness (QED) is 0.237. The van der Waals surface area contributed by atoms with Crippen molar-refractivity contribution in [3.63, 3.8) is 0 Å². The minimum Gasteiger partial charge on any atom is -0.345 e. The molecule has 0 aliphatic heterocycles. The molecule has 0 radical (unpaired) electrons. The lowest BCUT2D eigenvalue weighted by Gasteiger charge is -2.36. The van der Waals surface area contributed by atoms with Gasteiger partial charge in [-0.15, -0.1) is 0 Å². The number of nitrogens with zero attached hydrogens (tertiary/aromatic N) is 4. The first-order chi connectivity index (χ1) is 18.4. The van der Waals surface area contributed by atoms with Gasteiger partial charge in [0.15, 0.2) is 0 Å². The first kappa shape index (κ1) is 27.4. The Morgan fingerprint density at radius 3 is 2.53 bits per heavy atom. The topological polar surface area (TPSA) is 88.7 Å². The highest BCUT2D eigenvalue weighted by Gasteiger charge is 2.29. The monoisotopic (exact) mass is 536 g/mol. The van der Waals surface area contributed by atoms with E-state index in [0.717, 1.165) is 43.4 Å². The number of benzene rings is 2. The molecule has 38 heavy (non-hydrogen) atoms. The fourth-order valence-electron chi connectivity index (χ4n) is 5.06. The lowest BCUT2D eigenvalue weighted by Crippen LogP contribution is -2.47. The molecule has 0 spiro atoms. The maximum Gasteiger partial charge on any atom is 0.270 e. The van der Waals surface area contributed by atoms with Crippen LogP contribution in [0.5, 0.6) is 0 Å². The third-order valence-corrected chi connectivity index (χ3v) is 7.56. The molecule has 0 bridgehead atoms. The van der Waals surface area contributed by atoms with Crippen LogP contribution in [0.3, 0.4) is 0 Å². The van der Waals surface area contributed by atoms with Crippen molar-refractivity contribution in [1.82, 2.24) is 14.4 Å². The predicted octanol–water partition coefficient (Wildman–Crippen LogP) is 5.92. The summed E-state index contributed by atoms with van der Waals surface area (Å²) in [7, 11) is 0. The molecule has 1 aliphatic carbocycles. The van der Waals surface area contributed by atoms with Gasteiger partial charge in [0.1, 0.15) is 6.54 Å². The van der Waals surface area contributed by atoms with Gasteiger partial charge in [-0.05, 0) is 49.6 Å². The Hall–Kier alpha value is -3.65. The van der Waals surface area contributed by atoms with Gasteiger partial charge in [0, 0.05) is 53.7 Å². The van der Waals surface area contributed by atoms with Gasteiger partial charge in [-0.2, -0.15) is 0 Å². The first-order valence-corrected chi connectivity index (χ1v) is 13.5. The molecule has 0 saturated heterocycles. The lowest BCUT2D eigenvalue weighted by molar-refractivity contribution is -0.384. The van der Waals surface area contributed by atoms with E-state index in [1.807, 2.05) is 54.4 Å². The zero-order chi connectivity index (χ0) is 27.1. The van der Waals surface area contributed by atoms with Crippen molar-refractivity contribution >= 4 is 29.1 Å². The minimum atomic E-state index is -0.527. The van der Waals surface area contributed by atoms with Crippen LogP contribution < -0.4 is 0 Å². The molecule has 0 N–H and O–H groups in total. The van der Waals surface area contributed by atoms with Crippen LogP contribution in [-0.4, -0.2) is 50.2 Å². The third-order valence-electron chi connectivity index (χ3n) is 7.19. The number of aromatic nitrogens is 1. The second kappa shape index (κ2) is 12.7. The standard InChI is InChI=1S/C29H33ClN4O4/c1-2-31(29(36)22-11-8-14-25(18-22)34(37)38)21-28(35)33(24-12-4-3-5-13-24)20-26-15-9-17-32(26)19-23-10-6-7-16-27(23)30/h6-11,14-18,24H,2-5,12-13,19-21H2,1H3. The summed E-state index contributed by atoms with van der Waals surface area (Å²) < 4.78 is 2.11. The highest BCUT2D eigenvalue weighted by atomic mass is 35.5. The SMILES string of the molecule is CCN(CC(=O)N(Cc1cccn1Cc1ccccc1Cl)C1CCCCC1)C(=O)c1cccc([N+](=O)[O-])c1. The van der Waals surface area contributed by atoms with E-state index in [9.17, 15) is 19.7 Å². The molecule has 1 fully saturated rings. The molecule has 9 heteroatoms. The molecule has 2 amide bonds. The smallest absolute Gasteiger partial charge is 0.270 e. The predicted molar refractivity (Wildman–Crippen MR) is 147 cm³/mol. The summed E-state index contributed by atoms with van der Waals surface area (Å²) in [5, 5.41) is 11.9. The van der Waals surface area contributed by atoms with Crippen molar-refractivity contribution in [3.8, 4) is 0 Å². The largest absolute Gasteiger partial charge is 0.345 e. The molecule has 0 atom stereocenters. The first-order valence-electron chi connectivity index (χ1n) is 13.1.